The Morgan fingerprint density at radius 2 is 2.22 bits per heavy atom. The molecule has 128 valence electrons. The Kier molecular flexibility index (Phi) is 7.81. The number of carbonyl (C=O) groups is 2. The number of carboxylic acid groups (broad SMARTS) is 1. The average molecular weight is 327 g/mol. The predicted molar refractivity (Wildman–Crippen MR) is 78.2 cm³/mol. The van der Waals surface area contributed by atoms with Crippen molar-refractivity contribution in [2.75, 3.05) is 13.2 Å². The largest absolute Gasteiger partial charge is 0.480 e. The molecule has 0 aromatic carbocycles. The Hall–Kier alpha value is -2.36. The van der Waals surface area contributed by atoms with E-state index in [4.69, 9.17) is 15.6 Å². The van der Waals surface area contributed by atoms with Gasteiger partial charge in [0.15, 0.2) is 0 Å². The minimum atomic E-state index is -1.02. The van der Waals surface area contributed by atoms with E-state index in [1.54, 1.807) is 7.05 Å². The van der Waals surface area contributed by atoms with Crippen molar-refractivity contribution in [2.45, 2.75) is 38.1 Å². The van der Waals surface area contributed by atoms with E-state index in [0.717, 1.165) is 0 Å². The van der Waals surface area contributed by atoms with Gasteiger partial charge in [-0.05, 0) is 24.4 Å². The van der Waals surface area contributed by atoms with Gasteiger partial charge in [0.25, 0.3) is 0 Å². The maximum atomic E-state index is 11.5. The van der Waals surface area contributed by atoms with Crippen molar-refractivity contribution in [1.82, 2.24) is 20.6 Å². The summed E-state index contributed by atoms with van der Waals surface area (Å²) in [6, 6.07) is -0.858. The molecule has 2 unspecified atom stereocenters. The van der Waals surface area contributed by atoms with Gasteiger partial charge in [-0.2, -0.15) is 0 Å². The Labute approximate surface area is 134 Å². The second-order valence-corrected chi connectivity index (χ2v) is 5.23. The van der Waals surface area contributed by atoms with Crippen LogP contribution in [0.15, 0.2) is 6.33 Å². The number of unbranched alkanes of at least 4 members (excludes halogenated alkanes) is 1. The van der Waals surface area contributed by atoms with Crippen molar-refractivity contribution in [3.05, 3.63) is 12.2 Å². The summed E-state index contributed by atoms with van der Waals surface area (Å²) in [5.74, 6) is -0.697. The van der Waals surface area contributed by atoms with Gasteiger partial charge in [-0.1, -0.05) is 12.0 Å². The number of ether oxygens (including phenoxy) is 1. The summed E-state index contributed by atoms with van der Waals surface area (Å²) in [5, 5.41) is 23.0. The predicted octanol–water partition coefficient (Wildman–Crippen LogP) is -0.892. The van der Waals surface area contributed by atoms with Gasteiger partial charge >= 0.3 is 18.4 Å². The molecule has 1 aromatic heterocycles. The molecule has 1 aromatic rings. The first-order chi connectivity index (χ1) is 10.9. The molecule has 0 saturated carbocycles. The first-order valence-corrected chi connectivity index (χ1v) is 7.34. The van der Waals surface area contributed by atoms with Gasteiger partial charge in [-0.3, -0.25) is 4.79 Å². The minimum absolute atomic E-state index is 0.140. The topological polar surface area (TPSA) is 144 Å². The molecule has 23 heavy (non-hydrogen) atoms. The van der Waals surface area contributed by atoms with Crippen LogP contribution in [0.1, 0.15) is 37.9 Å². The van der Waals surface area contributed by atoms with Gasteiger partial charge in [-0.15, -0.1) is 4.68 Å². The number of hydrogen-bond donors (Lipinski definition) is 3. The number of aryl methyl sites for hydroxylation is 1. The lowest BCUT2D eigenvalue weighted by molar-refractivity contribution is -0.735. The van der Waals surface area contributed by atoms with Crippen LogP contribution in [0.25, 0.3) is 0 Å². The summed E-state index contributed by atoms with van der Waals surface area (Å²) >= 11 is 0. The molecule has 1 rings (SSSR count). The quantitative estimate of drug-likeness (QED) is 0.391. The van der Waals surface area contributed by atoms with Crippen LogP contribution >= 0.6 is 0 Å². The summed E-state index contributed by atoms with van der Waals surface area (Å²) in [4.78, 5) is 22.1. The number of nitrogens with one attached hydrogen (secondary N) is 1. The number of hydrogen-bond acceptors (Lipinski definition) is 7. The minimum Gasteiger partial charge on any atom is -0.480 e. The van der Waals surface area contributed by atoms with Gasteiger partial charge in [0.1, 0.15) is 19.7 Å². The summed E-state index contributed by atoms with van der Waals surface area (Å²) in [6.45, 7) is 2.37. The Balaban J connectivity index is 2.16. The van der Waals surface area contributed by atoms with Crippen molar-refractivity contribution in [1.29, 1.82) is 0 Å². The maximum Gasteiger partial charge on any atom is 0.407 e. The molecule has 0 radical (unpaired) electrons. The Bertz CT molecular complexity index is 527. The smallest absolute Gasteiger partial charge is 0.407 e. The lowest BCUT2D eigenvalue weighted by atomic mass is 10.1. The SMILES string of the molecule is CC(COC(=O)NCCCCC(N)C(=O)O)c1nnc[n+](C)n1. The summed E-state index contributed by atoms with van der Waals surface area (Å²) < 4.78 is 6.61. The van der Waals surface area contributed by atoms with E-state index in [-0.39, 0.29) is 12.5 Å². The van der Waals surface area contributed by atoms with E-state index in [0.29, 0.717) is 31.6 Å². The first-order valence-electron chi connectivity index (χ1n) is 7.34. The molecule has 1 heterocycles. The van der Waals surface area contributed by atoms with Crippen LogP contribution < -0.4 is 15.7 Å². The van der Waals surface area contributed by atoms with Crippen molar-refractivity contribution in [2.24, 2.45) is 12.8 Å². The van der Waals surface area contributed by atoms with Crippen molar-refractivity contribution in [3.63, 3.8) is 0 Å². The molecule has 0 aliphatic rings. The van der Waals surface area contributed by atoms with E-state index in [9.17, 15) is 9.59 Å². The van der Waals surface area contributed by atoms with E-state index in [1.165, 1.54) is 11.0 Å². The molecule has 0 spiro atoms. The number of alkyl carbamates (subject to hydrolysis) is 1. The van der Waals surface area contributed by atoms with Crippen LogP contribution in [0, 0.1) is 0 Å². The van der Waals surface area contributed by atoms with Crippen LogP contribution in [0.3, 0.4) is 0 Å². The molecule has 10 nitrogen and oxygen atoms in total. The average Bonchev–Trinajstić information content (AvgIpc) is 2.51. The van der Waals surface area contributed by atoms with Gasteiger partial charge < -0.3 is 20.9 Å². The van der Waals surface area contributed by atoms with E-state index >= 15 is 0 Å². The van der Waals surface area contributed by atoms with Crippen LogP contribution in [-0.2, 0) is 16.6 Å². The van der Waals surface area contributed by atoms with E-state index < -0.39 is 18.1 Å². The Morgan fingerprint density at radius 3 is 2.87 bits per heavy atom. The van der Waals surface area contributed by atoms with Gasteiger partial charge in [-0.25, -0.2) is 4.79 Å². The molecular formula is C13H23N6O4+. The number of aromatic nitrogens is 4. The third-order valence-corrected chi connectivity index (χ3v) is 3.07. The Morgan fingerprint density at radius 1 is 1.48 bits per heavy atom. The number of carbonyl (C=O) groups excluding carboxylic acids is 1. The van der Waals surface area contributed by atoms with Crippen molar-refractivity contribution < 1.29 is 24.1 Å². The normalized spacial score (nSPS) is 13.2. The molecule has 0 aliphatic carbocycles. The summed E-state index contributed by atoms with van der Waals surface area (Å²) in [7, 11) is 1.73. The highest BCUT2D eigenvalue weighted by Crippen LogP contribution is 2.07. The van der Waals surface area contributed by atoms with Gasteiger partial charge in [0.05, 0.1) is 11.0 Å². The zero-order valence-corrected chi connectivity index (χ0v) is 13.3. The van der Waals surface area contributed by atoms with Gasteiger partial charge in [0.2, 0.25) is 5.82 Å². The third kappa shape index (κ3) is 7.45. The highest BCUT2D eigenvalue weighted by Gasteiger charge is 2.16. The van der Waals surface area contributed by atoms with Gasteiger partial charge in [0, 0.05) is 6.54 Å². The molecule has 10 heteroatoms. The fourth-order valence-corrected chi connectivity index (χ4v) is 1.69. The molecular weight excluding hydrogens is 304 g/mol. The fraction of sp³-hybridized carbons (Fsp3) is 0.692. The van der Waals surface area contributed by atoms with Crippen molar-refractivity contribution >= 4 is 12.1 Å². The summed E-state index contributed by atoms with van der Waals surface area (Å²) in [5.41, 5.74) is 5.38. The number of amides is 1. The number of nitrogens with zero attached hydrogens (tertiary/aromatic N) is 4. The fourth-order valence-electron chi connectivity index (χ4n) is 1.69. The third-order valence-electron chi connectivity index (χ3n) is 3.07. The number of rotatable bonds is 9. The zero-order valence-electron chi connectivity index (χ0n) is 13.3. The van der Waals surface area contributed by atoms with Crippen LogP contribution in [0.2, 0.25) is 0 Å². The number of carboxylic acids is 1. The molecule has 0 bridgehead atoms. The monoisotopic (exact) mass is 327 g/mol. The second kappa shape index (κ2) is 9.62. The molecule has 2 atom stereocenters. The number of aliphatic carboxylic acids is 1. The van der Waals surface area contributed by atoms with Crippen LogP contribution in [0.5, 0.6) is 0 Å². The highest BCUT2D eigenvalue weighted by molar-refractivity contribution is 5.72. The first kappa shape index (κ1) is 18.7. The van der Waals surface area contributed by atoms with Crippen molar-refractivity contribution in [3.8, 4) is 0 Å². The zero-order chi connectivity index (χ0) is 17.2. The molecule has 0 fully saturated rings. The maximum absolute atomic E-state index is 11.5. The van der Waals surface area contributed by atoms with Crippen LogP contribution in [0.4, 0.5) is 4.79 Å². The molecule has 0 saturated heterocycles. The lowest BCUT2D eigenvalue weighted by Crippen LogP contribution is -2.36. The highest BCUT2D eigenvalue weighted by atomic mass is 16.5. The molecule has 0 aliphatic heterocycles. The lowest BCUT2D eigenvalue weighted by Gasteiger charge is -2.10. The molecule has 1 amide bonds. The standard InChI is InChI=1S/C13H22N6O4/c1-9(11-17-16-8-19(2)18-11)7-23-13(22)15-6-4-3-5-10(14)12(20)21/h8-10H,3-7,14H2,1-2H3,(H-,15,20,21,22)/p+1. The summed E-state index contributed by atoms with van der Waals surface area (Å²) in [6.07, 6.45) is 2.56. The van der Waals surface area contributed by atoms with Crippen LogP contribution in [-0.4, -0.2) is 51.7 Å². The number of nitrogens with two attached hydrogens (primary N) is 1. The van der Waals surface area contributed by atoms with E-state index in [1.807, 2.05) is 6.92 Å². The van der Waals surface area contributed by atoms with E-state index in [2.05, 4.69) is 20.6 Å². The second-order valence-electron chi connectivity index (χ2n) is 5.23. The molecule has 4 N–H and O–H groups in total.